The molecule has 14 heteroatoms. The Kier molecular flexibility index (Phi) is 14.2. The Balaban J connectivity index is 1.18. The first-order chi connectivity index (χ1) is 22.9. The molecule has 252 valence electrons. The van der Waals surface area contributed by atoms with Gasteiger partial charge < -0.3 is 33.9 Å². The molecule has 1 heterocycles. The molecule has 0 radical (unpaired) electrons. The van der Waals surface area contributed by atoms with Crippen LogP contribution in [-0.2, 0) is 28.5 Å². The van der Waals surface area contributed by atoms with Crippen LogP contribution in [-0.4, -0.2) is 127 Å². The minimum Gasteiger partial charge on any atom is -0.464 e. The van der Waals surface area contributed by atoms with E-state index in [1.807, 2.05) is 55.4 Å². The lowest BCUT2D eigenvalue weighted by molar-refractivity contribution is -0.144. The van der Waals surface area contributed by atoms with Crippen LogP contribution in [0, 0.1) is 0 Å². The molecule has 0 atom stereocenters. The van der Waals surface area contributed by atoms with Crippen LogP contribution in [0.15, 0.2) is 47.6 Å². The number of carbonyl (C=O) groups excluding carboxylic acids is 3. The number of ether oxygens (including phenoxy) is 5. The summed E-state index contributed by atoms with van der Waals surface area (Å²) in [5.41, 5.74) is 9.95. The maximum absolute atomic E-state index is 13.7. The van der Waals surface area contributed by atoms with Crippen molar-refractivity contribution in [1.29, 1.82) is 0 Å². The van der Waals surface area contributed by atoms with Gasteiger partial charge in [0.2, 0.25) is 0 Å². The van der Waals surface area contributed by atoms with Gasteiger partial charge in [-0.3, -0.25) is 19.3 Å². The Morgan fingerprint density at radius 1 is 0.872 bits per heavy atom. The molecular formula is C33H42N6O8. The van der Waals surface area contributed by atoms with Crippen LogP contribution in [0.3, 0.4) is 0 Å². The molecule has 0 saturated heterocycles. The molecule has 0 spiro atoms. The predicted octanol–water partition coefficient (Wildman–Crippen LogP) is 3.87. The lowest BCUT2D eigenvalue weighted by Crippen LogP contribution is -2.43. The van der Waals surface area contributed by atoms with Gasteiger partial charge in [0.05, 0.1) is 64.8 Å². The molecular weight excluding hydrogens is 608 g/mol. The molecule has 3 aromatic carbocycles. The molecule has 4 rings (SSSR count). The first-order valence-corrected chi connectivity index (χ1v) is 15.6. The van der Waals surface area contributed by atoms with Crippen molar-refractivity contribution in [3.63, 3.8) is 0 Å². The Morgan fingerprint density at radius 3 is 2.26 bits per heavy atom. The van der Waals surface area contributed by atoms with Crippen LogP contribution in [0.25, 0.3) is 32.0 Å². The van der Waals surface area contributed by atoms with E-state index in [0.717, 1.165) is 21.8 Å². The third kappa shape index (κ3) is 10.1. The number of carbonyl (C=O) groups is 3. The second kappa shape index (κ2) is 18.7. The zero-order chi connectivity index (χ0) is 33.4. The lowest BCUT2D eigenvalue weighted by Gasteiger charge is -2.29. The van der Waals surface area contributed by atoms with E-state index < -0.39 is 0 Å². The Bertz CT molecular complexity index is 1580. The van der Waals surface area contributed by atoms with Gasteiger partial charge in [-0.15, -0.1) is 0 Å². The smallest absolute Gasteiger partial charge is 0.308 e. The van der Waals surface area contributed by atoms with E-state index in [0.29, 0.717) is 88.9 Å². The maximum Gasteiger partial charge on any atom is 0.308 e. The van der Waals surface area contributed by atoms with E-state index in [-0.39, 0.29) is 37.4 Å². The second-order valence-corrected chi connectivity index (χ2v) is 10.9. The average Bonchev–Trinajstić information content (AvgIpc) is 3.06. The summed E-state index contributed by atoms with van der Waals surface area (Å²) in [6, 6.07) is 13.3. The van der Waals surface area contributed by atoms with Crippen molar-refractivity contribution in [2.24, 2.45) is 5.11 Å². The van der Waals surface area contributed by atoms with E-state index in [1.165, 1.54) is 4.90 Å². The van der Waals surface area contributed by atoms with E-state index in [2.05, 4.69) is 15.3 Å². The number of nitrogens with zero attached hydrogens (tertiary/aromatic N) is 5. The number of nitrogens with one attached hydrogen (secondary N) is 1. The molecule has 0 bridgehead atoms. The summed E-state index contributed by atoms with van der Waals surface area (Å²) in [5.74, 6) is -0.968. The molecule has 3 aromatic rings. The fraction of sp³-hybridized carbons (Fsp3) is 0.485. The van der Waals surface area contributed by atoms with E-state index >= 15 is 0 Å². The summed E-state index contributed by atoms with van der Waals surface area (Å²) in [5, 5.41) is 9.80. The first kappa shape index (κ1) is 35.6. The van der Waals surface area contributed by atoms with Crippen LogP contribution in [0.4, 0.5) is 5.69 Å². The summed E-state index contributed by atoms with van der Waals surface area (Å²) in [4.78, 5) is 45.2. The van der Waals surface area contributed by atoms with Crippen molar-refractivity contribution in [2.45, 2.75) is 6.42 Å². The fourth-order valence-corrected chi connectivity index (χ4v) is 5.10. The fourth-order valence-electron chi connectivity index (χ4n) is 5.10. The summed E-state index contributed by atoms with van der Waals surface area (Å²) < 4.78 is 26.8. The standard InChI is InChI=1S/C33H42N6O8/c1-38(2)12-13-39-32(41)26-7-8-28(27-23-24-5-3-4-6-25(24)31(30(26)27)33(39)42)35-10-16-47-29(40)9-14-43-17-19-45-21-22-46-20-18-44-15-11-36-37-34/h3-8,23,35H,9-22H2,1-2H3. The van der Waals surface area contributed by atoms with Gasteiger partial charge in [-0.25, -0.2) is 0 Å². The molecule has 0 saturated carbocycles. The highest BCUT2D eigenvalue weighted by Crippen LogP contribution is 2.39. The molecule has 0 aliphatic carbocycles. The monoisotopic (exact) mass is 650 g/mol. The quantitative estimate of drug-likeness (QED) is 0.0321. The van der Waals surface area contributed by atoms with Gasteiger partial charge in [0, 0.05) is 53.1 Å². The average molecular weight is 651 g/mol. The van der Waals surface area contributed by atoms with Gasteiger partial charge in [-0.05, 0) is 48.6 Å². The molecule has 0 unspecified atom stereocenters. The molecule has 1 aliphatic rings. The van der Waals surface area contributed by atoms with Crippen molar-refractivity contribution in [2.75, 3.05) is 105 Å². The summed E-state index contributed by atoms with van der Waals surface area (Å²) >= 11 is 0. The van der Waals surface area contributed by atoms with Crippen LogP contribution >= 0.6 is 0 Å². The van der Waals surface area contributed by atoms with Gasteiger partial charge in [0.25, 0.3) is 11.8 Å². The second-order valence-electron chi connectivity index (χ2n) is 10.9. The number of esters is 1. The number of rotatable bonds is 22. The highest BCUT2D eigenvalue weighted by atomic mass is 16.6. The number of hydrogen-bond donors (Lipinski definition) is 1. The summed E-state index contributed by atoms with van der Waals surface area (Å²) in [7, 11) is 3.81. The Morgan fingerprint density at radius 2 is 1.55 bits per heavy atom. The molecule has 1 N–H and O–H groups in total. The number of fused-ring (bicyclic) bond motifs is 2. The van der Waals surface area contributed by atoms with Crippen molar-refractivity contribution in [3.05, 3.63) is 64.0 Å². The molecule has 47 heavy (non-hydrogen) atoms. The van der Waals surface area contributed by atoms with E-state index in [9.17, 15) is 14.4 Å². The van der Waals surface area contributed by atoms with E-state index in [4.69, 9.17) is 29.2 Å². The number of azide groups is 1. The topological polar surface area (TPSA) is 165 Å². The van der Waals surface area contributed by atoms with Crippen molar-refractivity contribution in [3.8, 4) is 0 Å². The summed E-state index contributed by atoms with van der Waals surface area (Å²) in [6.45, 7) is 4.62. The van der Waals surface area contributed by atoms with Crippen LogP contribution < -0.4 is 5.32 Å². The third-order valence-corrected chi connectivity index (χ3v) is 7.38. The number of imide groups is 1. The predicted molar refractivity (Wildman–Crippen MR) is 177 cm³/mol. The zero-order valence-corrected chi connectivity index (χ0v) is 26.9. The number of anilines is 1. The van der Waals surface area contributed by atoms with Gasteiger partial charge in [0.1, 0.15) is 6.61 Å². The molecule has 14 nitrogen and oxygen atoms in total. The highest BCUT2D eigenvalue weighted by molar-refractivity contribution is 6.31. The Hall–Kier alpha value is -4.30. The Labute approximate surface area is 273 Å². The number of benzene rings is 3. The third-order valence-electron chi connectivity index (χ3n) is 7.38. The molecule has 0 fully saturated rings. The zero-order valence-electron chi connectivity index (χ0n) is 26.9. The van der Waals surface area contributed by atoms with Gasteiger partial charge in [-0.2, -0.15) is 0 Å². The minimum atomic E-state index is -0.375. The van der Waals surface area contributed by atoms with Gasteiger partial charge in [-0.1, -0.05) is 29.4 Å². The van der Waals surface area contributed by atoms with E-state index in [1.54, 1.807) is 6.07 Å². The van der Waals surface area contributed by atoms with Crippen molar-refractivity contribution in [1.82, 2.24) is 9.80 Å². The van der Waals surface area contributed by atoms with Crippen LogP contribution in [0.5, 0.6) is 0 Å². The first-order valence-electron chi connectivity index (χ1n) is 15.6. The van der Waals surface area contributed by atoms with Crippen molar-refractivity contribution >= 4 is 45.0 Å². The maximum atomic E-state index is 13.7. The molecule has 1 aliphatic heterocycles. The molecule has 2 amide bonds. The summed E-state index contributed by atoms with van der Waals surface area (Å²) in [6.07, 6.45) is 0.115. The normalized spacial score (nSPS) is 12.6. The van der Waals surface area contributed by atoms with Crippen molar-refractivity contribution < 1.29 is 38.1 Å². The SMILES string of the molecule is CN(C)CCN1C(=O)c2ccc(NCCOC(=O)CCOCCOCCOCCOCCN=[N+]=[N-])c3cc4ccccc4c(c23)C1=O. The largest absolute Gasteiger partial charge is 0.464 e. The van der Waals surface area contributed by atoms with Crippen LogP contribution in [0.2, 0.25) is 0 Å². The number of hydrogen-bond acceptors (Lipinski definition) is 11. The lowest BCUT2D eigenvalue weighted by atomic mass is 9.88. The number of amides is 2. The highest BCUT2D eigenvalue weighted by Gasteiger charge is 2.34. The van der Waals surface area contributed by atoms with Crippen LogP contribution in [0.1, 0.15) is 27.1 Å². The molecule has 0 aromatic heterocycles. The van der Waals surface area contributed by atoms with Gasteiger partial charge in [0.15, 0.2) is 0 Å². The number of likely N-dealkylation sites (N-methyl/N-ethyl adjacent to an activating group) is 1. The van der Waals surface area contributed by atoms with Gasteiger partial charge >= 0.3 is 5.97 Å². The minimum absolute atomic E-state index is 0.115.